The second kappa shape index (κ2) is 18.5. The molecule has 0 atom stereocenters. The van der Waals surface area contributed by atoms with Gasteiger partial charge in [-0.3, -0.25) is 9.97 Å². The van der Waals surface area contributed by atoms with Gasteiger partial charge in [0.15, 0.2) is 0 Å². The van der Waals surface area contributed by atoms with Crippen LogP contribution in [0.3, 0.4) is 0 Å². The molecule has 1 radical (unpaired) electrons. The first-order valence-corrected chi connectivity index (χ1v) is 19.3. The van der Waals surface area contributed by atoms with Gasteiger partial charge in [-0.1, -0.05) is 24.3 Å². The Hall–Kier alpha value is -4.13. The maximum absolute atomic E-state index is 12.0. The summed E-state index contributed by atoms with van der Waals surface area (Å²) in [6, 6.07) is 21.5. The number of aromatic nitrogens is 2. The van der Waals surface area contributed by atoms with E-state index in [9.17, 15) is 36.6 Å². The average molecular weight is 861 g/mol. The summed E-state index contributed by atoms with van der Waals surface area (Å²) in [4.78, 5) is 32.2. The number of hydrogen-bond acceptors (Lipinski definition) is 16. The van der Waals surface area contributed by atoms with E-state index in [-0.39, 0.29) is 103 Å². The van der Waals surface area contributed by atoms with Gasteiger partial charge in [-0.15, -0.1) is 34.8 Å². The molecule has 0 aliphatic heterocycles. The fourth-order valence-electron chi connectivity index (χ4n) is 4.20. The van der Waals surface area contributed by atoms with Crippen LogP contribution in [-0.4, -0.2) is 48.6 Å². The number of sulfonamides is 2. The number of hydrogen-bond donors (Lipinski definition) is 4. The van der Waals surface area contributed by atoms with E-state index in [1.807, 2.05) is 48.5 Å². The van der Waals surface area contributed by atoms with Gasteiger partial charge in [0.25, 0.3) is 0 Å². The van der Waals surface area contributed by atoms with Crippen LogP contribution in [-0.2, 0) is 46.4 Å². The number of nitrogens with two attached hydrogens (primary N) is 2. The van der Waals surface area contributed by atoms with Gasteiger partial charge in [0.2, 0.25) is 20.0 Å². The number of nitrogens with zero attached hydrogens (tertiary/aromatic N) is 6. The van der Waals surface area contributed by atoms with Crippen molar-refractivity contribution < 1.29 is 83.0 Å². The maximum Gasteiger partial charge on any atom is 1.00 e. The molecule has 0 saturated carbocycles. The third kappa shape index (κ3) is 11.0. The van der Waals surface area contributed by atoms with Gasteiger partial charge in [0.05, 0.1) is 30.2 Å². The number of aromatic hydroxyl groups is 2. The van der Waals surface area contributed by atoms with Gasteiger partial charge in [0, 0.05) is 28.3 Å². The third-order valence-corrected chi connectivity index (χ3v) is 10.6. The van der Waals surface area contributed by atoms with Crippen LogP contribution in [0.2, 0.25) is 0 Å². The van der Waals surface area contributed by atoms with E-state index < -0.39 is 20.0 Å². The number of thiazole rings is 2. The summed E-state index contributed by atoms with van der Waals surface area (Å²) < 4.78 is 47.4. The van der Waals surface area contributed by atoms with Crippen molar-refractivity contribution in [1.82, 2.24) is 9.97 Å². The fourth-order valence-corrected chi connectivity index (χ4v) is 7.27. The van der Waals surface area contributed by atoms with Crippen LogP contribution in [0.5, 0.6) is 11.5 Å². The molecular weight excluding hydrogens is 835 g/mol. The zero-order valence-corrected chi connectivity index (χ0v) is 34.5. The summed E-state index contributed by atoms with van der Waals surface area (Å²) >= 11 is 2.56. The molecule has 0 bridgehead atoms. The molecule has 0 spiro atoms. The molecule has 16 nitrogen and oxygen atoms in total. The van der Waals surface area contributed by atoms with Crippen LogP contribution in [0.1, 0.15) is 23.9 Å². The topological polar surface area (TPSA) is 270 Å². The number of primary sulfonamides is 2. The van der Waals surface area contributed by atoms with Gasteiger partial charge < -0.3 is 30.0 Å². The predicted octanol–water partition coefficient (Wildman–Crippen LogP) is 2.81. The summed E-state index contributed by atoms with van der Waals surface area (Å²) in [5.74, 6) is -1.33. The van der Waals surface area contributed by atoms with Crippen molar-refractivity contribution in [2.45, 2.75) is 23.6 Å². The number of phenolic OH excluding ortho intramolecular Hbond substituents is 2. The Bertz CT molecular complexity index is 2370. The largest absolute Gasteiger partial charge is 1.00 e. The van der Waals surface area contributed by atoms with Gasteiger partial charge in [-0.2, -0.15) is 10.2 Å². The first-order valence-electron chi connectivity index (χ1n) is 14.5. The second-order valence-electron chi connectivity index (χ2n) is 10.6. The summed E-state index contributed by atoms with van der Waals surface area (Å²) in [5.41, 5.74) is 1.19. The van der Waals surface area contributed by atoms with Crippen LogP contribution in [0.4, 0.5) is 11.4 Å². The van der Waals surface area contributed by atoms with Crippen LogP contribution in [0.15, 0.2) is 115 Å². The Morgan fingerprint density at radius 3 is 1.31 bits per heavy atom. The van der Waals surface area contributed by atoms with E-state index in [2.05, 4.69) is 30.4 Å². The van der Waals surface area contributed by atoms with Crippen molar-refractivity contribution in [2.24, 2.45) is 30.7 Å². The van der Waals surface area contributed by atoms with E-state index >= 15 is 0 Å². The normalized spacial score (nSPS) is 11.5. The molecule has 6 N–H and O–H groups in total. The molecule has 0 amide bonds. The van der Waals surface area contributed by atoms with Crippen LogP contribution in [0, 0.1) is 12.1 Å². The van der Waals surface area contributed by atoms with Crippen LogP contribution in [0.25, 0.3) is 20.4 Å². The number of para-hydroxylation sites is 2. The number of phenols is 2. The number of rotatable bonds is 10. The van der Waals surface area contributed by atoms with Crippen molar-refractivity contribution in [2.75, 3.05) is 0 Å². The summed E-state index contributed by atoms with van der Waals surface area (Å²) in [5, 5.41) is 46.0. The Kier molecular flexibility index (Phi) is 15.1. The number of fused-ring (bicyclic) bond motifs is 2. The fraction of sp³-hybridized carbons (Fsp3) is 0.0625. The molecule has 22 heteroatoms. The zero-order chi connectivity index (χ0) is 37.8. The number of ketones is 2. The van der Waals surface area contributed by atoms with Crippen LogP contribution < -0.4 is 39.8 Å². The quantitative estimate of drug-likeness (QED) is 0.0889. The smallest absolute Gasteiger partial charge is 0.506 e. The summed E-state index contributed by atoms with van der Waals surface area (Å²) in [7, 11) is -7.93. The Morgan fingerprint density at radius 1 is 0.648 bits per heavy atom. The molecule has 0 fully saturated rings. The molecule has 6 aromatic rings. The first kappa shape index (κ1) is 44.3. The van der Waals surface area contributed by atoms with E-state index in [0.29, 0.717) is 10.0 Å². The molecular formula is C32H26CoN8NaO8S4-. The SMILES string of the molecule is CC(=O)[C-](N=Nc1cc(S(N)(=O)=O)ccc1O)c1nc2ccccc2s1.CC(=O)[C-](N=Nc1cc(S(N)(=O)=O)ccc1O)c1nc2ccccc2s1.[Co].[Na+]. The zero-order valence-electron chi connectivity index (χ0n) is 28.2. The van der Waals surface area contributed by atoms with Crippen molar-refractivity contribution in [3.63, 3.8) is 0 Å². The third-order valence-electron chi connectivity index (χ3n) is 6.73. The summed E-state index contributed by atoms with van der Waals surface area (Å²) in [6.45, 7) is 2.64. The Labute approximate surface area is 349 Å². The van der Waals surface area contributed by atoms with Gasteiger partial charge in [0.1, 0.15) is 22.9 Å². The minimum atomic E-state index is -3.96. The monoisotopic (exact) mass is 860 g/mol. The van der Waals surface area contributed by atoms with E-state index in [0.717, 1.165) is 56.8 Å². The molecule has 4 aromatic carbocycles. The van der Waals surface area contributed by atoms with Gasteiger partial charge in [-0.05, 0) is 84.5 Å². The maximum atomic E-state index is 12.0. The van der Waals surface area contributed by atoms with Crippen molar-refractivity contribution >= 4 is 86.1 Å². The Morgan fingerprint density at radius 2 is 1.00 bits per heavy atom. The molecule has 0 saturated heterocycles. The molecule has 54 heavy (non-hydrogen) atoms. The Balaban J connectivity index is 0.000000280. The first-order chi connectivity index (χ1) is 24.5. The van der Waals surface area contributed by atoms with E-state index in [4.69, 9.17) is 10.3 Å². The minimum absolute atomic E-state index is 0. The van der Waals surface area contributed by atoms with Crippen molar-refractivity contribution in [1.29, 1.82) is 0 Å². The van der Waals surface area contributed by atoms with Gasteiger partial charge in [-0.25, -0.2) is 27.1 Å². The van der Waals surface area contributed by atoms with E-state index in [1.54, 1.807) is 0 Å². The van der Waals surface area contributed by atoms with E-state index in [1.165, 1.54) is 36.5 Å². The van der Waals surface area contributed by atoms with Crippen molar-refractivity contribution in [3.05, 3.63) is 107 Å². The molecule has 2 heterocycles. The second-order valence-corrected chi connectivity index (χ2v) is 15.8. The number of Topliss-reactive ketones (excluding diaryl/α,β-unsaturated/α-hetero) is 2. The van der Waals surface area contributed by atoms with Crippen molar-refractivity contribution in [3.8, 4) is 11.5 Å². The number of carbonyl (C=O) groups is 2. The average Bonchev–Trinajstić information content (AvgIpc) is 3.70. The molecule has 0 aliphatic rings. The van der Waals surface area contributed by atoms with Gasteiger partial charge >= 0.3 is 29.6 Å². The minimum Gasteiger partial charge on any atom is -0.506 e. The number of benzene rings is 4. The molecule has 6 rings (SSSR count). The standard InChI is InChI=1S/2C16H13N4O4S2.Co.Na/c2*1-9(21)15(16-18-11-4-2-3-5-14(11)25-16)20-19-12-8-10(26(17,23)24)6-7-13(12)22;;/h2*2-8,22H,1H3,(H2,17,23,24);;/q2*-1;;+1. The molecule has 277 valence electrons. The molecule has 0 aliphatic carbocycles. The number of carbonyl (C=O) groups excluding carboxylic acids is 2. The molecule has 0 unspecified atom stereocenters. The molecule has 2 aromatic heterocycles. The summed E-state index contributed by atoms with van der Waals surface area (Å²) in [6.07, 6.45) is 0. The number of azo groups is 2. The van der Waals surface area contributed by atoms with Crippen LogP contribution >= 0.6 is 22.7 Å². The predicted molar refractivity (Wildman–Crippen MR) is 193 cm³/mol.